The van der Waals surface area contributed by atoms with Gasteiger partial charge in [0.25, 0.3) is 0 Å². The Kier molecular flexibility index (Phi) is 5.95. The number of hydrogen-bond acceptors (Lipinski definition) is 4. The zero-order chi connectivity index (χ0) is 13.5. The van der Waals surface area contributed by atoms with Crippen LogP contribution in [-0.4, -0.2) is 26.4 Å². The normalized spacial score (nSPS) is 12.6. The molecular formula is C14H23NO3. The topological polar surface area (TPSA) is 53.7 Å². The lowest BCUT2D eigenvalue weighted by Gasteiger charge is -2.14. The highest BCUT2D eigenvalue weighted by Crippen LogP contribution is 2.29. The van der Waals surface area contributed by atoms with E-state index in [-0.39, 0.29) is 12.1 Å². The summed E-state index contributed by atoms with van der Waals surface area (Å²) in [7, 11) is 1.62. The molecule has 0 bridgehead atoms. The molecule has 1 aromatic carbocycles. The van der Waals surface area contributed by atoms with Crippen molar-refractivity contribution in [1.29, 1.82) is 0 Å². The molecule has 0 saturated carbocycles. The van der Waals surface area contributed by atoms with E-state index in [4.69, 9.17) is 19.9 Å². The van der Waals surface area contributed by atoms with Crippen LogP contribution in [0, 0.1) is 0 Å². The van der Waals surface area contributed by atoms with E-state index in [1.165, 1.54) is 0 Å². The predicted octanol–water partition coefficient (Wildman–Crippen LogP) is 2.52. The second-order valence-corrected chi connectivity index (χ2v) is 4.47. The lowest BCUT2D eigenvalue weighted by Crippen LogP contribution is -2.12. The summed E-state index contributed by atoms with van der Waals surface area (Å²) >= 11 is 0. The van der Waals surface area contributed by atoms with E-state index in [0.717, 1.165) is 5.56 Å². The van der Waals surface area contributed by atoms with Crippen molar-refractivity contribution in [2.75, 3.05) is 20.3 Å². The van der Waals surface area contributed by atoms with E-state index in [0.29, 0.717) is 24.7 Å². The molecule has 18 heavy (non-hydrogen) atoms. The summed E-state index contributed by atoms with van der Waals surface area (Å²) in [5.74, 6) is 1.42. The second-order valence-electron chi connectivity index (χ2n) is 4.47. The molecule has 4 heteroatoms. The summed E-state index contributed by atoms with van der Waals surface area (Å²) < 4.78 is 16.3. The van der Waals surface area contributed by atoms with Gasteiger partial charge in [0.2, 0.25) is 0 Å². The summed E-state index contributed by atoms with van der Waals surface area (Å²) in [5.41, 5.74) is 6.85. The first-order valence-corrected chi connectivity index (χ1v) is 6.22. The molecule has 1 aromatic rings. The van der Waals surface area contributed by atoms with Gasteiger partial charge in [-0.3, -0.25) is 0 Å². The molecule has 0 saturated heterocycles. The maximum atomic E-state index is 5.83. The molecule has 0 aliphatic carbocycles. The third-order valence-electron chi connectivity index (χ3n) is 2.51. The van der Waals surface area contributed by atoms with Gasteiger partial charge in [0.1, 0.15) is 6.61 Å². The fourth-order valence-electron chi connectivity index (χ4n) is 1.52. The minimum atomic E-state index is -0.0165. The molecule has 1 unspecified atom stereocenters. The van der Waals surface area contributed by atoms with Crippen LogP contribution in [0.4, 0.5) is 0 Å². The number of hydrogen-bond donors (Lipinski definition) is 1. The molecule has 1 rings (SSSR count). The Balaban J connectivity index is 2.59. The molecule has 0 aromatic heterocycles. The number of methoxy groups -OCH3 is 1. The van der Waals surface area contributed by atoms with Crippen molar-refractivity contribution < 1.29 is 14.2 Å². The summed E-state index contributed by atoms with van der Waals surface area (Å²) in [6, 6.07) is 5.72. The van der Waals surface area contributed by atoms with Gasteiger partial charge < -0.3 is 19.9 Å². The fraction of sp³-hybridized carbons (Fsp3) is 0.571. The van der Waals surface area contributed by atoms with Crippen molar-refractivity contribution in [3.05, 3.63) is 23.8 Å². The van der Waals surface area contributed by atoms with E-state index >= 15 is 0 Å². The van der Waals surface area contributed by atoms with Crippen molar-refractivity contribution >= 4 is 0 Å². The van der Waals surface area contributed by atoms with Gasteiger partial charge in [0.05, 0.1) is 19.8 Å². The minimum absolute atomic E-state index is 0.0165. The van der Waals surface area contributed by atoms with Gasteiger partial charge in [-0.1, -0.05) is 6.07 Å². The smallest absolute Gasteiger partial charge is 0.161 e. The summed E-state index contributed by atoms with van der Waals surface area (Å²) in [5, 5.41) is 0. The molecule has 0 aliphatic rings. The van der Waals surface area contributed by atoms with Gasteiger partial charge in [-0.2, -0.15) is 0 Å². The minimum Gasteiger partial charge on any atom is -0.493 e. The van der Waals surface area contributed by atoms with Crippen LogP contribution in [0.25, 0.3) is 0 Å². The monoisotopic (exact) mass is 253 g/mol. The van der Waals surface area contributed by atoms with Crippen molar-refractivity contribution in [1.82, 2.24) is 0 Å². The first kappa shape index (κ1) is 14.8. The summed E-state index contributed by atoms with van der Waals surface area (Å²) in [6.45, 7) is 7.00. The van der Waals surface area contributed by atoms with Crippen LogP contribution in [0.2, 0.25) is 0 Å². The first-order valence-electron chi connectivity index (χ1n) is 6.22. The molecule has 0 fully saturated rings. The van der Waals surface area contributed by atoms with E-state index in [9.17, 15) is 0 Å². The van der Waals surface area contributed by atoms with E-state index in [1.54, 1.807) is 7.11 Å². The number of nitrogens with two attached hydrogens (primary N) is 1. The average molecular weight is 253 g/mol. The van der Waals surface area contributed by atoms with Gasteiger partial charge in [-0.05, 0) is 38.5 Å². The van der Waals surface area contributed by atoms with Gasteiger partial charge in [-0.15, -0.1) is 0 Å². The SMILES string of the molecule is COc1cc(C(C)N)ccc1OCCOC(C)C. The Hall–Kier alpha value is -1.26. The van der Waals surface area contributed by atoms with E-state index < -0.39 is 0 Å². The third kappa shape index (κ3) is 4.55. The molecule has 4 nitrogen and oxygen atoms in total. The third-order valence-corrected chi connectivity index (χ3v) is 2.51. The Labute approximate surface area is 109 Å². The first-order chi connectivity index (χ1) is 8.54. The van der Waals surface area contributed by atoms with Crippen molar-refractivity contribution in [3.8, 4) is 11.5 Å². The lowest BCUT2D eigenvalue weighted by atomic mass is 10.1. The second kappa shape index (κ2) is 7.24. The van der Waals surface area contributed by atoms with E-state index in [1.807, 2.05) is 39.0 Å². The number of benzene rings is 1. The van der Waals surface area contributed by atoms with Crippen LogP contribution in [0.5, 0.6) is 11.5 Å². The molecule has 1 atom stereocenters. The van der Waals surface area contributed by atoms with Gasteiger partial charge in [0, 0.05) is 6.04 Å². The van der Waals surface area contributed by atoms with Crippen LogP contribution in [-0.2, 0) is 4.74 Å². The molecular weight excluding hydrogens is 230 g/mol. The molecule has 0 spiro atoms. The molecule has 102 valence electrons. The maximum Gasteiger partial charge on any atom is 0.161 e. The Bertz CT molecular complexity index is 364. The fourth-order valence-corrected chi connectivity index (χ4v) is 1.52. The Morgan fingerprint density at radius 1 is 1.11 bits per heavy atom. The highest BCUT2D eigenvalue weighted by atomic mass is 16.5. The van der Waals surface area contributed by atoms with Crippen LogP contribution in [0.15, 0.2) is 18.2 Å². The summed E-state index contributed by atoms with van der Waals surface area (Å²) in [6.07, 6.45) is 0.218. The van der Waals surface area contributed by atoms with Crippen molar-refractivity contribution in [2.45, 2.75) is 32.9 Å². The van der Waals surface area contributed by atoms with Crippen LogP contribution in [0.3, 0.4) is 0 Å². The Morgan fingerprint density at radius 2 is 1.83 bits per heavy atom. The van der Waals surface area contributed by atoms with Gasteiger partial charge in [-0.25, -0.2) is 0 Å². The zero-order valence-corrected chi connectivity index (χ0v) is 11.6. The lowest BCUT2D eigenvalue weighted by molar-refractivity contribution is 0.0547. The van der Waals surface area contributed by atoms with Crippen LogP contribution < -0.4 is 15.2 Å². The number of rotatable bonds is 7. The average Bonchev–Trinajstić information content (AvgIpc) is 2.34. The molecule has 0 heterocycles. The summed E-state index contributed by atoms with van der Waals surface area (Å²) in [4.78, 5) is 0. The molecule has 0 radical (unpaired) electrons. The largest absolute Gasteiger partial charge is 0.493 e. The van der Waals surface area contributed by atoms with Crippen molar-refractivity contribution in [3.63, 3.8) is 0 Å². The van der Waals surface area contributed by atoms with Gasteiger partial charge in [0.15, 0.2) is 11.5 Å². The van der Waals surface area contributed by atoms with Crippen molar-refractivity contribution in [2.24, 2.45) is 5.73 Å². The zero-order valence-electron chi connectivity index (χ0n) is 11.6. The quantitative estimate of drug-likeness (QED) is 0.759. The molecule has 2 N–H and O–H groups in total. The standard InChI is InChI=1S/C14H23NO3/c1-10(2)17-7-8-18-13-6-5-12(11(3)15)9-14(13)16-4/h5-6,9-11H,7-8,15H2,1-4H3. The van der Waals surface area contributed by atoms with Crippen LogP contribution >= 0.6 is 0 Å². The van der Waals surface area contributed by atoms with E-state index in [2.05, 4.69) is 0 Å². The highest BCUT2D eigenvalue weighted by Gasteiger charge is 2.08. The maximum absolute atomic E-state index is 5.83. The number of ether oxygens (including phenoxy) is 3. The highest BCUT2D eigenvalue weighted by molar-refractivity contribution is 5.43. The molecule has 0 amide bonds. The molecule has 0 aliphatic heterocycles. The van der Waals surface area contributed by atoms with Crippen LogP contribution in [0.1, 0.15) is 32.4 Å². The predicted molar refractivity (Wildman–Crippen MR) is 72.2 cm³/mol. The van der Waals surface area contributed by atoms with Gasteiger partial charge >= 0.3 is 0 Å². The Morgan fingerprint density at radius 3 is 2.39 bits per heavy atom.